The van der Waals surface area contributed by atoms with Crippen LogP contribution in [0.2, 0.25) is 0 Å². The summed E-state index contributed by atoms with van der Waals surface area (Å²) in [6.45, 7) is 1.94. The number of halogens is 2. The van der Waals surface area contributed by atoms with Gasteiger partial charge in [-0.15, -0.1) is 0 Å². The van der Waals surface area contributed by atoms with Crippen LogP contribution in [0.25, 0.3) is 4.48 Å². The number of hydrogen-bond acceptors (Lipinski definition) is 3. The molecule has 0 saturated carbocycles. The molecule has 0 heterocycles. The third-order valence-electron chi connectivity index (χ3n) is 2.38. The highest BCUT2D eigenvalue weighted by molar-refractivity contribution is 9.15. The van der Waals surface area contributed by atoms with Gasteiger partial charge < -0.3 is 9.53 Å². The molecule has 0 spiro atoms. The lowest BCUT2D eigenvalue weighted by Gasteiger charge is -2.09. The van der Waals surface area contributed by atoms with Crippen LogP contribution in [0.15, 0.2) is 29.8 Å². The van der Waals surface area contributed by atoms with Crippen molar-refractivity contribution in [1.82, 2.24) is 0 Å². The minimum absolute atomic E-state index is 0.207. The first-order valence-corrected chi connectivity index (χ1v) is 6.64. The Morgan fingerprint density at radius 1 is 1.47 bits per heavy atom. The molecule has 0 aliphatic rings. The Morgan fingerprint density at radius 3 is 2.79 bits per heavy atom. The SMILES string of the molecule is CCOC(=O)/C(CCC=O)=C(\Br)c1cccc(F)c1. The summed E-state index contributed by atoms with van der Waals surface area (Å²) < 4.78 is 18.6. The summed E-state index contributed by atoms with van der Waals surface area (Å²) >= 11 is 3.28. The highest BCUT2D eigenvalue weighted by atomic mass is 79.9. The smallest absolute Gasteiger partial charge is 0.335 e. The number of rotatable bonds is 6. The van der Waals surface area contributed by atoms with Gasteiger partial charge in [-0.05, 0) is 47.0 Å². The van der Waals surface area contributed by atoms with E-state index in [-0.39, 0.29) is 19.4 Å². The molecule has 1 rings (SSSR count). The zero-order valence-electron chi connectivity index (χ0n) is 10.5. The summed E-state index contributed by atoms with van der Waals surface area (Å²) in [5.74, 6) is -0.895. The van der Waals surface area contributed by atoms with Crippen molar-refractivity contribution in [2.45, 2.75) is 19.8 Å². The fourth-order valence-electron chi connectivity index (χ4n) is 1.52. The van der Waals surface area contributed by atoms with Gasteiger partial charge in [0.15, 0.2) is 0 Å². The highest BCUT2D eigenvalue weighted by Crippen LogP contribution is 2.28. The Labute approximate surface area is 119 Å². The van der Waals surface area contributed by atoms with E-state index in [2.05, 4.69) is 15.9 Å². The predicted octanol–water partition coefficient (Wildman–Crippen LogP) is 3.47. The quantitative estimate of drug-likeness (QED) is 0.456. The summed E-state index contributed by atoms with van der Waals surface area (Å²) in [6, 6.07) is 5.85. The molecular formula is C14H14BrFO3. The molecule has 0 unspecified atom stereocenters. The van der Waals surface area contributed by atoms with Gasteiger partial charge >= 0.3 is 5.97 Å². The molecular weight excluding hydrogens is 315 g/mol. The van der Waals surface area contributed by atoms with E-state index in [1.165, 1.54) is 12.1 Å². The third-order valence-corrected chi connectivity index (χ3v) is 3.31. The number of ether oxygens (including phenoxy) is 1. The summed E-state index contributed by atoms with van der Waals surface area (Å²) in [4.78, 5) is 22.3. The average Bonchev–Trinajstić information content (AvgIpc) is 2.39. The van der Waals surface area contributed by atoms with Crippen LogP contribution >= 0.6 is 15.9 Å². The van der Waals surface area contributed by atoms with E-state index in [1.807, 2.05) is 0 Å². The van der Waals surface area contributed by atoms with Gasteiger partial charge in [-0.2, -0.15) is 0 Å². The predicted molar refractivity (Wildman–Crippen MR) is 74.2 cm³/mol. The Balaban J connectivity index is 3.14. The maximum Gasteiger partial charge on any atom is 0.335 e. The van der Waals surface area contributed by atoms with Crippen molar-refractivity contribution < 1.29 is 18.7 Å². The largest absolute Gasteiger partial charge is 0.463 e. The first-order valence-electron chi connectivity index (χ1n) is 5.85. The van der Waals surface area contributed by atoms with Gasteiger partial charge in [-0.25, -0.2) is 9.18 Å². The Kier molecular flexibility index (Phi) is 6.42. The highest BCUT2D eigenvalue weighted by Gasteiger charge is 2.16. The van der Waals surface area contributed by atoms with Crippen molar-refractivity contribution in [1.29, 1.82) is 0 Å². The van der Waals surface area contributed by atoms with Crippen molar-refractivity contribution in [2.75, 3.05) is 6.61 Å². The topological polar surface area (TPSA) is 43.4 Å². The molecule has 0 bridgehead atoms. The number of aldehydes is 1. The van der Waals surface area contributed by atoms with Gasteiger partial charge in [-0.1, -0.05) is 12.1 Å². The van der Waals surface area contributed by atoms with Crippen LogP contribution in [0.5, 0.6) is 0 Å². The summed E-state index contributed by atoms with van der Waals surface area (Å²) in [5, 5.41) is 0. The molecule has 102 valence electrons. The molecule has 0 aliphatic carbocycles. The number of carbonyl (C=O) groups is 2. The van der Waals surface area contributed by atoms with E-state index in [9.17, 15) is 14.0 Å². The molecule has 0 N–H and O–H groups in total. The number of carbonyl (C=O) groups excluding carboxylic acids is 2. The van der Waals surface area contributed by atoms with Crippen LogP contribution in [0.4, 0.5) is 4.39 Å². The molecule has 0 saturated heterocycles. The minimum atomic E-state index is -0.500. The summed E-state index contributed by atoms with van der Waals surface area (Å²) in [6.07, 6.45) is 1.18. The van der Waals surface area contributed by atoms with Crippen molar-refractivity contribution in [3.8, 4) is 0 Å². The van der Waals surface area contributed by atoms with Gasteiger partial charge in [0.2, 0.25) is 0 Å². The molecule has 3 nitrogen and oxygen atoms in total. The van der Waals surface area contributed by atoms with Crippen molar-refractivity contribution in [3.05, 3.63) is 41.2 Å². The van der Waals surface area contributed by atoms with E-state index in [0.717, 1.165) is 6.29 Å². The Morgan fingerprint density at radius 2 is 2.21 bits per heavy atom. The van der Waals surface area contributed by atoms with Gasteiger partial charge in [0.05, 0.1) is 12.2 Å². The molecule has 5 heteroatoms. The Hall–Kier alpha value is -1.49. The van der Waals surface area contributed by atoms with E-state index >= 15 is 0 Å². The van der Waals surface area contributed by atoms with Crippen LogP contribution in [0.3, 0.4) is 0 Å². The molecule has 0 amide bonds. The summed E-state index contributed by atoms with van der Waals surface area (Å²) in [5.41, 5.74) is 0.869. The molecule has 1 aromatic rings. The van der Waals surface area contributed by atoms with Crippen LogP contribution in [0.1, 0.15) is 25.3 Å². The van der Waals surface area contributed by atoms with Crippen LogP contribution in [0, 0.1) is 5.82 Å². The monoisotopic (exact) mass is 328 g/mol. The second-order valence-electron chi connectivity index (χ2n) is 3.73. The van der Waals surface area contributed by atoms with Crippen LogP contribution < -0.4 is 0 Å². The van der Waals surface area contributed by atoms with Gasteiger partial charge in [0.1, 0.15) is 12.1 Å². The van der Waals surface area contributed by atoms with Crippen molar-refractivity contribution in [2.24, 2.45) is 0 Å². The van der Waals surface area contributed by atoms with Crippen molar-refractivity contribution >= 4 is 32.7 Å². The fraction of sp³-hybridized carbons (Fsp3) is 0.286. The zero-order chi connectivity index (χ0) is 14.3. The lowest BCUT2D eigenvalue weighted by atomic mass is 10.1. The normalized spacial score (nSPS) is 11.7. The van der Waals surface area contributed by atoms with E-state index in [4.69, 9.17) is 4.74 Å². The van der Waals surface area contributed by atoms with E-state index in [1.54, 1.807) is 19.1 Å². The zero-order valence-corrected chi connectivity index (χ0v) is 12.1. The molecule has 0 aromatic heterocycles. The third kappa shape index (κ3) is 4.59. The van der Waals surface area contributed by atoms with E-state index in [0.29, 0.717) is 15.6 Å². The second kappa shape index (κ2) is 7.84. The molecule has 0 aliphatic heterocycles. The number of benzene rings is 1. The Bertz CT molecular complexity index is 497. The second-order valence-corrected chi connectivity index (χ2v) is 4.52. The maximum absolute atomic E-state index is 13.2. The van der Waals surface area contributed by atoms with Crippen LogP contribution in [-0.2, 0) is 14.3 Å². The fourth-order valence-corrected chi connectivity index (χ4v) is 2.13. The standard InChI is InChI=1S/C14H14BrFO3/c1-2-19-14(18)12(7-4-8-17)13(15)10-5-3-6-11(16)9-10/h3,5-6,8-9H,2,4,7H2,1H3/b13-12-. The first-order chi connectivity index (χ1) is 9.10. The maximum atomic E-state index is 13.2. The lowest BCUT2D eigenvalue weighted by Crippen LogP contribution is -2.09. The first kappa shape index (κ1) is 15.6. The lowest BCUT2D eigenvalue weighted by molar-refractivity contribution is -0.138. The van der Waals surface area contributed by atoms with Gasteiger partial charge in [-0.3, -0.25) is 0 Å². The minimum Gasteiger partial charge on any atom is -0.463 e. The summed E-state index contributed by atoms with van der Waals surface area (Å²) in [7, 11) is 0. The van der Waals surface area contributed by atoms with Crippen LogP contribution in [-0.4, -0.2) is 18.9 Å². The number of esters is 1. The number of hydrogen-bond donors (Lipinski definition) is 0. The molecule has 0 radical (unpaired) electrons. The van der Waals surface area contributed by atoms with E-state index < -0.39 is 11.8 Å². The van der Waals surface area contributed by atoms with Gasteiger partial charge in [0.25, 0.3) is 0 Å². The molecule has 0 fully saturated rings. The molecule has 1 aromatic carbocycles. The molecule has 0 atom stereocenters. The average molecular weight is 329 g/mol. The van der Waals surface area contributed by atoms with Gasteiger partial charge in [0, 0.05) is 10.9 Å². The van der Waals surface area contributed by atoms with Crippen molar-refractivity contribution in [3.63, 3.8) is 0 Å². The molecule has 19 heavy (non-hydrogen) atoms.